The zero-order chi connectivity index (χ0) is 26.5. The smallest absolute Gasteiger partial charge is 0.272 e. The summed E-state index contributed by atoms with van der Waals surface area (Å²) < 4.78 is 6.63. The van der Waals surface area contributed by atoms with Gasteiger partial charge in [-0.3, -0.25) is 4.79 Å². The van der Waals surface area contributed by atoms with Crippen LogP contribution >= 0.6 is 27.5 Å². The Kier molecular flexibility index (Phi) is 7.82. The van der Waals surface area contributed by atoms with Crippen molar-refractivity contribution >= 4 is 50.6 Å². The summed E-state index contributed by atoms with van der Waals surface area (Å²) in [4.78, 5) is 17.9. The number of carbonyl (C=O) groups excluding carboxylic acids is 1. The summed E-state index contributed by atoms with van der Waals surface area (Å²) in [5, 5.41) is 5.36. The number of hydrogen-bond donors (Lipinski definition) is 1. The lowest BCUT2D eigenvalue weighted by Crippen LogP contribution is -2.18. The molecule has 1 aromatic heterocycles. The van der Waals surface area contributed by atoms with E-state index in [1.807, 2.05) is 91.9 Å². The number of pyridine rings is 1. The third-order valence-electron chi connectivity index (χ3n) is 5.93. The van der Waals surface area contributed by atoms with Crippen LogP contribution in [0, 0.1) is 6.92 Å². The van der Waals surface area contributed by atoms with Gasteiger partial charge in [-0.05, 0) is 58.2 Å². The molecule has 5 aromatic rings. The minimum absolute atomic E-state index is 0.333. The molecule has 0 atom stereocenters. The predicted molar refractivity (Wildman–Crippen MR) is 157 cm³/mol. The molecule has 0 fully saturated rings. The lowest BCUT2D eigenvalue weighted by molar-refractivity contribution is 0.0956. The molecule has 1 heterocycles. The van der Waals surface area contributed by atoms with Gasteiger partial charge in [0.1, 0.15) is 6.61 Å². The van der Waals surface area contributed by atoms with Gasteiger partial charge in [-0.25, -0.2) is 10.4 Å². The third kappa shape index (κ3) is 5.93. The standard InChI is InChI=1S/C31H23BrClN3O2/c1-20-11-13-21(14-12-20)19-38-30-26(32)15-22(16-27(30)33)18-34-36-31(37)25-17-29(23-7-3-2-4-8-23)35-28-10-6-5-9-24(25)28/h2-18H,19H2,1H3,(H,36,37)/b34-18+. The van der Waals surface area contributed by atoms with Gasteiger partial charge < -0.3 is 4.74 Å². The van der Waals surface area contributed by atoms with E-state index < -0.39 is 0 Å². The second kappa shape index (κ2) is 11.6. The Hall–Kier alpha value is -4.00. The number of hydrogen-bond acceptors (Lipinski definition) is 4. The van der Waals surface area contributed by atoms with Gasteiger partial charge in [0.05, 0.1) is 32.5 Å². The van der Waals surface area contributed by atoms with E-state index >= 15 is 0 Å². The highest BCUT2D eigenvalue weighted by molar-refractivity contribution is 9.10. The average molecular weight is 585 g/mol. The molecule has 5 nitrogen and oxygen atoms in total. The van der Waals surface area contributed by atoms with E-state index in [1.165, 1.54) is 5.56 Å². The van der Waals surface area contributed by atoms with Crippen molar-refractivity contribution in [2.75, 3.05) is 0 Å². The normalized spacial score (nSPS) is 11.1. The van der Waals surface area contributed by atoms with Crippen molar-refractivity contribution < 1.29 is 9.53 Å². The Morgan fingerprint density at radius 2 is 1.74 bits per heavy atom. The molecule has 0 radical (unpaired) electrons. The van der Waals surface area contributed by atoms with E-state index in [9.17, 15) is 4.79 Å². The molecule has 0 saturated carbocycles. The van der Waals surface area contributed by atoms with Crippen LogP contribution in [0.1, 0.15) is 27.0 Å². The number of aryl methyl sites for hydroxylation is 1. The van der Waals surface area contributed by atoms with Gasteiger partial charge in [-0.1, -0.05) is 90.0 Å². The zero-order valence-corrected chi connectivity index (χ0v) is 22.8. The number of rotatable bonds is 7. The third-order valence-corrected chi connectivity index (χ3v) is 6.80. The minimum Gasteiger partial charge on any atom is -0.486 e. The van der Waals surface area contributed by atoms with Crippen LogP contribution in [-0.2, 0) is 6.61 Å². The van der Waals surface area contributed by atoms with Crippen molar-refractivity contribution in [1.29, 1.82) is 0 Å². The highest BCUT2D eigenvalue weighted by Gasteiger charge is 2.14. The van der Waals surface area contributed by atoms with E-state index in [0.717, 1.165) is 27.7 Å². The highest BCUT2D eigenvalue weighted by Crippen LogP contribution is 2.35. The molecule has 38 heavy (non-hydrogen) atoms. The van der Waals surface area contributed by atoms with E-state index in [-0.39, 0.29) is 5.91 Å². The second-order valence-corrected chi connectivity index (χ2v) is 9.99. The van der Waals surface area contributed by atoms with Gasteiger partial charge >= 0.3 is 0 Å². The topological polar surface area (TPSA) is 63.6 Å². The number of benzene rings is 4. The maximum absolute atomic E-state index is 13.2. The molecular formula is C31H23BrClN3O2. The fourth-order valence-electron chi connectivity index (χ4n) is 3.98. The first kappa shape index (κ1) is 25.6. The highest BCUT2D eigenvalue weighted by atomic mass is 79.9. The molecule has 0 spiro atoms. The Bertz CT molecular complexity index is 1610. The van der Waals surface area contributed by atoms with Crippen LogP contribution in [0.5, 0.6) is 5.75 Å². The van der Waals surface area contributed by atoms with Crippen LogP contribution in [-0.4, -0.2) is 17.1 Å². The van der Waals surface area contributed by atoms with Crippen molar-refractivity contribution in [3.8, 4) is 17.0 Å². The van der Waals surface area contributed by atoms with Crippen LogP contribution in [0.25, 0.3) is 22.2 Å². The Balaban J connectivity index is 1.32. The molecule has 0 saturated heterocycles. The number of aromatic nitrogens is 1. The fourth-order valence-corrected chi connectivity index (χ4v) is 4.97. The van der Waals surface area contributed by atoms with E-state index in [1.54, 1.807) is 18.3 Å². The van der Waals surface area contributed by atoms with Gasteiger partial charge in [0.2, 0.25) is 0 Å². The van der Waals surface area contributed by atoms with Crippen LogP contribution in [0.2, 0.25) is 5.02 Å². The predicted octanol–water partition coefficient (Wildman–Crippen LogP) is 7.97. The molecule has 1 N–H and O–H groups in total. The van der Waals surface area contributed by atoms with E-state index in [0.29, 0.717) is 33.0 Å². The van der Waals surface area contributed by atoms with Gasteiger partial charge in [0.15, 0.2) is 5.75 Å². The number of carbonyl (C=O) groups is 1. The number of para-hydroxylation sites is 1. The van der Waals surface area contributed by atoms with Gasteiger partial charge in [-0.2, -0.15) is 5.10 Å². The van der Waals surface area contributed by atoms with Crippen LogP contribution in [0.3, 0.4) is 0 Å². The number of ether oxygens (including phenoxy) is 1. The first-order valence-electron chi connectivity index (χ1n) is 11.9. The van der Waals surface area contributed by atoms with Crippen LogP contribution < -0.4 is 10.2 Å². The van der Waals surface area contributed by atoms with Gasteiger partial charge in [-0.15, -0.1) is 0 Å². The summed E-state index contributed by atoms with van der Waals surface area (Å²) in [5.41, 5.74) is 8.45. The number of amides is 1. The Labute approximate surface area is 234 Å². The molecule has 0 unspecified atom stereocenters. The average Bonchev–Trinajstić information content (AvgIpc) is 2.93. The molecular weight excluding hydrogens is 562 g/mol. The fraction of sp³-hybridized carbons (Fsp3) is 0.0645. The first-order valence-corrected chi connectivity index (χ1v) is 13.1. The molecule has 0 aliphatic carbocycles. The summed E-state index contributed by atoms with van der Waals surface area (Å²) in [5.74, 6) is 0.213. The maximum atomic E-state index is 13.2. The summed E-state index contributed by atoms with van der Waals surface area (Å²) in [6.07, 6.45) is 1.54. The number of hydrazone groups is 1. The number of nitrogens with one attached hydrogen (secondary N) is 1. The number of fused-ring (bicyclic) bond motifs is 1. The van der Waals surface area contributed by atoms with E-state index in [4.69, 9.17) is 21.3 Å². The molecule has 188 valence electrons. The van der Waals surface area contributed by atoms with Crippen molar-refractivity contribution in [3.63, 3.8) is 0 Å². The molecule has 4 aromatic carbocycles. The van der Waals surface area contributed by atoms with Crippen molar-refractivity contribution in [1.82, 2.24) is 10.4 Å². The lowest BCUT2D eigenvalue weighted by Gasteiger charge is -2.11. The molecule has 7 heteroatoms. The second-order valence-electron chi connectivity index (χ2n) is 8.73. The molecule has 0 bridgehead atoms. The molecule has 5 rings (SSSR count). The van der Waals surface area contributed by atoms with Crippen molar-refractivity contribution in [3.05, 3.63) is 129 Å². The SMILES string of the molecule is Cc1ccc(COc2c(Cl)cc(/C=N/NC(=O)c3cc(-c4ccccc4)nc4ccccc34)cc2Br)cc1. The van der Waals surface area contributed by atoms with Crippen LogP contribution in [0.4, 0.5) is 0 Å². The summed E-state index contributed by atoms with van der Waals surface area (Å²) in [6, 6.07) is 30.8. The Morgan fingerprint density at radius 1 is 1.00 bits per heavy atom. The molecule has 0 aliphatic heterocycles. The van der Waals surface area contributed by atoms with Gasteiger partial charge in [0, 0.05) is 10.9 Å². The largest absolute Gasteiger partial charge is 0.486 e. The number of nitrogens with zero attached hydrogens (tertiary/aromatic N) is 2. The van der Waals surface area contributed by atoms with E-state index in [2.05, 4.69) is 26.5 Å². The summed E-state index contributed by atoms with van der Waals surface area (Å²) in [7, 11) is 0. The van der Waals surface area contributed by atoms with Crippen molar-refractivity contribution in [2.24, 2.45) is 5.10 Å². The molecule has 0 aliphatic rings. The first-order chi connectivity index (χ1) is 18.5. The Morgan fingerprint density at radius 3 is 2.50 bits per heavy atom. The molecule has 1 amide bonds. The maximum Gasteiger partial charge on any atom is 0.272 e. The monoisotopic (exact) mass is 583 g/mol. The zero-order valence-electron chi connectivity index (χ0n) is 20.5. The van der Waals surface area contributed by atoms with Crippen molar-refractivity contribution in [2.45, 2.75) is 13.5 Å². The summed E-state index contributed by atoms with van der Waals surface area (Å²) in [6.45, 7) is 2.44. The van der Waals surface area contributed by atoms with Gasteiger partial charge in [0.25, 0.3) is 5.91 Å². The lowest BCUT2D eigenvalue weighted by atomic mass is 10.0. The minimum atomic E-state index is -0.333. The quantitative estimate of drug-likeness (QED) is 0.156. The summed E-state index contributed by atoms with van der Waals surface area (Å²) >= 11 is 10.0. The van der Waals surface area contributed by atoms with Crippen LogP contribution in [0.15, 0.2) is 107 Å². The number of halogens is 2.